The molecule has 178 valence electrons. The minimum Gasteiger partial charge on any atom is -0.477 e. The fourth-order valence-electron chi connectivity index (χ4n) is 4.42. The van der Waals surface area contributed by atoms with Crippen LogP contribution in [0.15, 0.2) is 64.9 Å². The number of aromatic nitrogens is 2. The number of thiophene rings is 1. The van der Waals surface area contributed by atoms with Gasteiger partial charge in [0, 0.05) is 43.3 Å². The number of pyridine rings is 2. The Morgan fingerprint density at radius 3 is 2.49 bits per heavy atom. The minimum absolute atomic E-state index is 0.0649. The van der Waals surface area contributed by atoms with Crippen LogP contribution in [-0.4, -0.2) is 57.6 Å². The van der Waals surface area contributed by atoms with Crippen molar-refractivity contribution < 1.29 is 19.1 Å². The Morgan fingerprint density at radius 2 is 1.80 bits per heavy atom. The van der Waals surface area contributed by atoms with E-state index >= 15 is 0 Å². The van der Waals surface area contributed by atoms with Gasteiger partial charge in [-0.1, -0.05) is 24.3 Å². The van der Waals surface area contributed by atoms with Crippen LogP contribution in [-0.2, 0) is 6.54 Å². The Morgan fingerprint density at radius 1 is 1.03 bits per heavy atom. The summed E-state index contributed by atoms with van der Waals surface area (Å²) >= 11 is 1.37. The molecule has 1 aliphatic rings. The minimum atomic E-state index is -1.37. The van der Waals surface area contributed by atoms with Gasteiger partial charge in [0.1, 0.15) is 17.0 Å². The van der Waals surface area contributed by atoms with E-state index in [9.17, 15) is 23.9 Å². The van der Waals surface area contributed by atoms with Crippen LogP contribution < -0.4 is 10.5 Å². The van der Waals surface area contributed by atoms with Crippen molar-refractivity contribution in [2.45, 2.75) is 6.54 Å². The molecule has 0 saturated carbocycles. The SMILES string of the molecule is O=C(O)c1c(N2CCN(C(=O)c3cccs3)CC2)c2cccnc2n(Cc2ccccc2F)c1=O. The van der Waals surface area contributed by atoms with Crippen molar-refractivity contribution >= 4 is 39.9 Å². The highest BCUT2D eigenvalue weighted by atomic mass is 32.1. The van der Waals surface area contributed by atoms with E-state index in [2.05, 4.69) is 4.98 Å². The molecule has 4 heterocycles. The number of rotatable bonds is 5. The summed E-state index contributed by atoms with van der Waals surface area (Å²) in [4.78, 5) is 47.1. The molecule has 35 heavy (non-hydrogen) atoms. The van der Waals surface area contributed by atoms with Gasteiger partial charge >= 0.3 is 5.97 Å². The van der Waals surface area contributed by atoms with Gasteiger partial charge in [-0.3, -0.25) is 14.2 Å². The Labute approximate surface area is 203 Å². The van der Waals surface area contributed by atoms with E-state index in [-0.39, 0.29) is 34.9 Å². The summed E-state index contributed by atoms with van der Waals surface area (Å²) in [5, 5.41) is 12.4. The standard InChI is InChI=1S/C25H21FN4O4S/c26-18-7-2-1-5-16(18)15-30-22-17(6-3-9-27-22)21(20(24(30)32)25(33)34)28-10-12-29(13-11-28)23(31)19-8-4-14-35-19/h1-9,14H,10-13,15H2,(H,33,34). The smallest absolute Gasteiger partial charge is 0.343 e. The molecule has 4 aromatic rings. The summed E-state index contributed by atoms with van der Waals surface area (Å²) in [6.45, 7) is 1.34. The zero-order valence-corrected chi connectivity index (χ0v) is 19.4. The number of carbonyl (C=O) groups excluding carboxylic acids is 1. The molecule has 10 heteroatoms. The first kappa shape index (κ1) is 22.7. The third-order valence-corrected chi connectivity index (χ3v) is 6.97. The Kier molecular flexibility index (Phi) is 6.04. The van der Waals surface area contributed by atoms with Crippen LogP contribution in [0.25, 0.3) is 11.0 Å². The molecule has 1 aromatic carbocycles. The third kappa shape index (κ3) is 4.17. The number of hydrogen-bond donors (Lipinski definition) is 1. The van der Waals surface area contributed by atoms with Gasteiger partial charge in [-0.05, 0) is 29.6 Å². The monoisotopic (exact) mass is 492 g/mol. The lowest BCUT2D eigenvalue weighted by atomic mass is 10.1. The first-order valence-electron chi connectivity index (χ1n) is 11.0. The van der Waals surface area contributed by atoms with Crippen LogP contribution in [0.5, 0.6) is 0 Å². The highest BCUT2D eigenvalue weighted by molar-refractivity contribution is 7.12. The average molecular weight is 493 g/mol. The lowest BCUT2D eigenvalue weighted by Crippen LogP contribution is -2.49. The van der Waals surface area contributed by atoms with Gasteiger partial charge in [0.15, 0.2) is 0 Å². The van der Waals surface area contributed by atoms with Crippen LogP contribution in [0.1, 0.15) is 25.6 Å². The number of hydrogen-bond acceptors (Lipinski definition) is 6. The first-order valence-corrected chi connectivity index (χ1v) is 11.9. The number of amides is 1. The van der Waals surface area contributed by atoms with E-state index in [1.807, 2.05) is 16.3 Å². The van der Waals surface area contributed by atoms with Gasteiger partial charge in [-0.25, -0.2) is 14.2 Å². The van der Waals surface area contributed by atoms with Gasteiger partial charge in [0.05, 0.1) is 17.1 Å². The molecule has 1 N–H and O–H groups in total. The quantitative estimate of drug-likeness (QED) is 0.459. The topological polar surface area (TPSA) is 95.7 Å². The highest BCUT2D eigenvalue weighted by Crippen LogP contribution is 2.30. The Bertz CT molecular complexity index is 1480. The van der Waals surface area contributed by atoms with Crippen molar-refractivity contribution in [1.29, 1.82) is 0 Å². The number of aromatic carboxylic acids is 1. The van der Waals surface area contributed by atoms with Gasteiger partial charge in [-0.2, -0.15) is 0 Å². The lowest BCUT2D eigenvalue weighted by molar-refractivity contribution is 0.0691. The highest BCUT2D eigenvalue weighted by Gasteiger charge is 2.30. The molecule has 5 rings (SSSR count). The van der Waals surface area contributed by atoms with Crippen LogP contribution in [0, 0.1) is 5.82 Å². The molecule has 1 saturated heterocycles. The summed E-state index contributed by atoms with van der Waals surface area (Å²) in [6.07, 6.45) is 1.52. The Balaban J connectivity index is 1.56. The van der Waals surface area contributed by atoms with Crippen molar-refractivity contribution in [3.63, 3.8) is 0 Å². The summed E-state index contributed by atoms with van der Waals surface area (Å²) in [5.74, 6) is -1.92. The van der Waals surface area contributed by atoms with Crippen LogP contribution in [0.2, 0.25) is 0 Å². The van der Waals surface area contributed by atoms with E-state index in [4.69, 9.17) is 0 Å². The second-order valence-electron chi connectivity index (χ2n) is 8.14. The average Bonchev–Trinajstić information content (AvgIpc) is 3.41. The maximum Gasteiger partial charge on any atom is 0.343 e. The van der Waals surface area contributed by atoms with Gasteiger partial charge in [-0.15, -0.1) is 11.3 Å². The zero-order chi connectivity index (χ0) is 24.5. The predicted octanol–water partition coefficient (Wildman–Crippen LogP) is 3.31. The van der Waals surface area contributed by atoms with E-state index in [1.54, 1.807) is 41.3 Å². The van der Waals surface area contributed by atoms with Crippen LogP contribution in [0.3, 0.4) is 0 Å². The molecular formula is C25H21FN4O4S. The second kappa shape index (κ2) is 9.30. The van der Waals surface area contributed by atoms with Crippen molar-refractivity contribution in [2.24, 2.45) is 0 Å². The molecule has 8 nitrogen and oxygen atoms in total. The number of nitrogens with zero attached hydrogens (tertiary/aromatic N) is 4. The summed E-state index contributed by atoms with van der Waals surface area (Å²) in [5.41, 5.74) is -0.332. The molecule has 0 bridgehead atoms. The maximum absolute atomic E-state index is 14.3. The zero-order valence-electron chi connectivity index (χ0n) is 18.6. The second-order valence-corrected chi connectivity index (χ2v) is 9.09. The fourth-order valence-corrected chi connectivity index (χ4v) is 5.11. The van der Waals surface area contributed by atoms with Crippen LogP contribution >= 0.6 is 11.3 Å². The normalized spacial score (nSPS) is 13.9. The van der Waals surface area contributed by atoms with Gasteiger partial charge < -0.3 is 14.9 Å². The molecule has 0 spiro atoms. The predicted molar refractivity (Wildman–Crippen MR) is 131 cm³/mol. The van der Waals surface area contributed by atoms with Crippen molar-refractivity contribution in [2.75, 3.05) is 31.1 Å². The summed E-state index contributed by atoms with van der Waals surface area (Å²) < 4.78 is 15.6. The number of anilines is 1. The third-order valence-electron chi connectivity index (χ3n) is 6.11. The van der Waals surface area contributed by atoms with Crippen LogP contribution in [0.4, 0.5) is 10.1 Å². The molecule has 1 fully saturated rings. The van der Waals surface area contributed by atoms with Gasteiger partial charge in [0.2, 0.25) is 0 Å². The number of carboxylic acid groups (broad SMARTS) is 1. The number of benzene rings is 1. The molecule has 0 aliphatic carbocycles. The van der Waals surface area contributed by atoms with Crippen molar-refractivity contribution in [3.8, 4) is 0 Å². The number of fused-ring (bicyclic) bond motifs is 1. The number of halogens is 1. The number of carboxylic acids is 1. The maximum atomic E-state index is 14.3. The molecule has 0 atom stereocenters. The largest absolute Gasteiger partial charge is 0.477 e. The lowest BCUT2D eigenvalue weighted by Gasteiger charge is -2.37. The van der Waals surface area contributed by atoms with E-state index in [0.29, 0.717) is 36.4 Å². The summed E-state index contributed by atoms with van der Waals surface area (Å²) in [6, 6.07) is 13.0. The van der Waals surface area contributed by atoms with E-state index in [0.717, 1.165) is 0 Å². The number of carbonyl (C=O) groups is 2. The Hall–Kier alpha value is -4.05. The number of piperazine rings is 1. The van der Waals surface area contributed by atoms with E-state index < -0.39 is 17.3 Å². The molecule has 1 amide bonds. The van der Waals surface area contributed by atoms with Crippen molar-refractivity contribution in [3.05, 3.63) is 92.3 Å². The molecule has 1 aliphatic heterocycles. The first-order chi connectivity index (χ1) is 17.0. The molecule has 0 radical (unpaired) electrons. The molecular weight excluding hydrogens is 471 g/mol. The van der Waals surface area contributed by atoms with Crippen molar-refractivity contribution in [1.82, 2.24) is 14.5 Å². The molecule has 3 aromatic heterocycles. The van der Waals surface area contributed by atoms with Gasteiger partial charge in [0.25, 0.3) is 11.5 Å². The van der Waals surface area contributed by atoms with E-state index in [1.165, 1.54) is 28.2 Å². The summed E-state index contributed by atoms with van der Waals surface area (Å²) in [7, 11) is 0. The molecule has 0 unspecified atom stereocenters. The fraction of sp³-hybridized carbons (Fsp3) is 0.200.